The topological polar surface area (TPSA) is 24.6 Å². The van der Waals surface area contributed by atoms with Gasteiger partial charge in [0.15, 0.2) is 0 Å². The number of nitrogens with zero attached hydrogens (tertiary/aromatic N) is 5. The number of rotatable bonds is 5. The zero-order valence-corrected chi connectivity index (χ0v) is 38.4. The van der Waals surface area contributed by atoms with Crippen molar-refractivity contribution in [3.05, 3.63) is 249 Å². The predicted molar refractivity (Wildman–Crippen MR) is 298 cm³/mol. The maximum absolute atomic E-state index is 2.60. The summed E-state index contributed by atoms with van der Waals surface area (Å²) >= 11 is 0. The van der Waals surface area contributed by atoms with Gasteiger partial charge in [-0.3, -0.25) is 0 Å². The van der Waals surface area contributed by atoms with Gasteiger partial charge in [-0.15, -0.1) is 0 Å². The Balaban J connectivity index is 1.08. The van der Waals surface area contributed by atoms with Crippen LogP contribution in [-0.2, 0) is 0 Å². The van der Waals surface area contributed by atoms with Crippen LogP contribution in [0.1, 0.15) is 0 Å². The van der Waals surface area contributed by atoms with E-state index in [1.54, 1.807) is 0 Å². The molecule has 5 aromatic heterocycles. The molecule has 0 aliphatic heterocycles. The molecule has 0 saturated heterocycles. The number of fused-ring (bicyclic) bond motifs is 17. The van der Waals surface area contributed by atoms with Crippen LogP contribution in [0.2, 0.25) is 0 Å². The molecule has 16 aromatic rings. The summed E-state index contributed by atoms with van der Waals surface area (Å²) in [6.07, 6.45) is 0. The summed E-state index contributed by atoms with van der Waals surface area (Å²) in [4.78, 5) is 0. The van der Waals surface area contributed by atoms with Crippen molar-refractivity contribution in [2.24, 2.45) is 0 Å². The molecule has 0 unspecified atom stereocenters. The first-order chi connectivity index (χ1) is 35.3. The lowest BCUT2D eigenvalue weighted by Crippen LogP contribution is -2.01. The minimum Gasteiger partial charge on any atom is -0.309 e. The van der Waals surface area contributed by atoms with Gasteiger partial charge in [-0.1, -0.05) is 164 Å². The average Bonchev–Trinajstić information content (AvgIpc) is 4.23. The van der Waals surface area contributed by atoms with Gasteiger partial charge < -0.3 is 22.8 Å². The van der Waals surface area contributed by atoms with Crippen molar-refractivity contribution in [3.8, 4) is 28.4 Å². The van der Waals surface area contributed by atoms with Gasteiger partial charge in [-0.25, -0.2) is 0 Å². The lowest BCUT2D eigenvalue weighted by atomic mass is 10.1. The van der Waals surface area contributed by atoms with Crippen LogP contribution in [0.25, 0.3) is 137 Å². The fraction of sp³-hybridized carbons (Fsp3) is 0. The summed E-state index contributed by atoms with van der Waals surface area (Å²) in [5.41, 5.74) is 17.4. The Kier molecular flexibility index (Phi) is 7.82. The second-order valence-electron chi connectivity index (χ2n) is 18.9. The van der Waals surface area contributed by atoms with Crippen LogP contribution >= 0.6 is 0 Å². The largest absolute Gasteiger partial charge is 0.309 e. The van der Waals surface area contributed by atoms with E-state index in [2.05, 4.69) is 272 Å². The molecule has 0 spiro atoms. The molecule has 0 bridgehead atoms. The second kappa shape index (κ2) is 14.5. The minimum atomic E-state index is 1.09. The molecular formula is C66H41N5. The van der Waals surface area contributed by atoms with Gasteiger partial charge in [-0.05, 0) is 84.9 Å². The Morgan fingerprint density at radius 1 is 0.155 bits per heavy atom. The molecule has 71 heavy (non-hydrogen) atoms. The summed E-state index contributed by atoms with van der Waals surface area (Å²) in [5.74, 6) is 0. The Hall–Kier alpha value is -9.58. The molecule has 0 atom stereocenters. The molecule has 0 N–H and O–H groups in total. The van der Waals surface area contributed by atoms with Gasteiger partial charge >= 0.3 is 0 Å². The van der Waals surface area contributed by atoms with E-state index in [9.17, 15) is 0 Å². The molecule has 5 heteroatoms. The van der Waals surface area contributed by atoms with Crippen LogP contribution in [0.3, 0.4) is 0 Å². The van der Waals surface area contributed by atoms with Crippen LogP contribution in [0.4, 0.5) is 0 Å². The molecule has 16 rings (SSSR count). The Morgan fingerprint density at radius 3 is 0.817 bits per heavy atom. The monoisotopic (exact) mass is 903 g/mol. The maximum Gasteiger partial charge on any atom is 0.0789 e. The number of hydrogen-bond acceptors (Lipinski definition) is 0. The molecular weight excluding hydrogens is 863 g/mol. The van der Waals surface area contributed by atoms with Crippen LogP contribution in [0, 0.1) is 0 Å². The highest BCUT2D eigenvalue weighted by atomic mass is 15.1. The average molecular weight is 904 g/mol. The Morgan fingerprint density at radius 2 is 0.408 bits per heavy atom. The van der Waals surface area contributed by atoms with E-state index >= 15 is 0 Å². The highest BCUT2D eigenvalue weighted by Crippen LogP contribution is 2.47. The first-order valence-corrected chi connectivity index (χ1v) is 24.4. The molecule has 5 heterocycles. The van der Waals surface area contributed by atoms with Gasteiger partial charge in [0.1, 0.15) is 0 Å². The van der Waals surface area contributed by atoms with Crippen molar-refractivity contribution in [2.45, 2.75) is 0 Å². The van der Waals surface area contributed by atoms with Gasteiger partial charge in [0.05, 0.1) is 55.2 Å². The number of para-hydroxylation sites is 7. The normalized spacial score (nSPS) is 12.2. The van der Waals surface area contributed by atoms with Crippen molar-refractivity contribution >= 4 is 109 Å². The van der Waals surface area contributed by atoms with Crippen molar-refractivity contribution in [3.63, 3.8) is 0 Å². The maximum atomic E-state index is 2.60. The first-order valence-electron chi connectivity index (χ1n) is 24.4. The zero-order valence-electron chi connectivity index (χ0n) is 38.4. The standard InChI is InChI=1S/C66H41N5/c1-4-18-42(19-5-1)67-57-28-14-10-24-47(57)51-34-32-45(40-61(51)67)68-58-29-15-11-25-48(58)52-35-33-46(41-62(52)68)71-65-55(38-36-53-49-26-12-16-30-59(49)69(63(53)65)43-20-6-2-7-21-43)56-39-37-54-50-27-13-17-31-60(50)70(64(54)66(56)71)44-22-8-3-9-23-44/h1-41H. The summed E-state index contributed by atoms with van der Waals surface area (Å²) in [6, 6.07) is 91.6. The van der Waals surface area contributed by atoms with Crippen molar-refractivity contribution in [2.75, 3.05) is 0 Å². The third-order valence-electron chi connectivity index (χ3n) is 15.2. The van der Waals surface area contributed by atoms with E-state index in [-0.39, 0.29) is 0 Å². The second-order valence-corrected chi connectivity index (χ2v) is 18.9. The van der Waals surface area contributed by atoms with E-state index < -0.39 is 0 Å². The van der Waals surface area contributed by atoms with Crippen molar-refractivity contribution in [1.82, 2.24) is 22.8 Å². The van der Waals surface area contributed by atoms with Crippen LogP contribution in [0.5, 0.6) is 0 Å². The fourth-order valence-electron chi connectivity index (χ4n) is 12.4. The molecule has 11 aromatic carbocycles. The van der Waals surface area contributed by atoms with E-state index in [4.69, 9.17) is 0 Å². The summed E-state index contributed by atoms with van der Waals surface area (Å²) in [6.45, 7) is 0. The number of benzene rings is 11. The zero-order chi connectivity index (χ0) is 46.3. The van der Waals surface area contributed by atoms with Gasteiger partial charge in [0.2, 0.25) is 0 Å². The number of aromatic nitrogens is 5. The molecule has 0 radical (unpaired) electrons. The molecule has 0 amide bonds. The third-order valence-corrected chi connectivity index (χ3v) is 15.2. The Labute approximate surface area is 407 Å². The van der Waals surface area contributed by atoms with Crippen molar-refractivity contribution < 1.29 is 0 Å². The highest BCUT2D eigenvalue weighted by molar-refractivity contribution is 6.29. The van der Waals surface area contributed by atoms with Gasteiger partial charge in [-0.2, -0.15) is 0 Å². The van der Waals surface area contributed by atoms with Crippen molar-refractivity contribution in [1.29, 1.82) is 0 Å². The molecule has 0 saturated carbocycles. The quantitative estimate of drug-likeness (QED) is 0.164. The third kappa shape index (κ3) is 5.24. The summed E-state index contributed by atoms with van der Waals surface area (Å²) in [7, 11) is 0. The lowest BCUT2D eigenvalue weighted by molar-refractivity contribution is 1.13. The summed E-state index contributed by atoms with van der Waals surface area (Å²) < 4.78 is 12.5. The molecule has 330 valence electrons. The van der Waals surface area contributed by atoms with E-state index in [1.165, 1.54) is 104 Å². The van der Waals surface area contributed by atoms with E-state index in [1.807, 2.05) is 0 Å². The van der Waals surface area contributed by atoms with Crippen LogP contribution < -0.4 is 0 Å². The van der Waals surface area contributed by atoms with Gasteiger partial charge in [0, 0.05) is 82.3 Å². The van der Waals surface area contributed by atoms with E-state index in [0.29, 0.717) is 0 Å². The summed E-state index contributed by atoms with van der Waals surface area (Å²) in [5, 5.41) is 12.2. The SMILES string of the molecule is c1ccc(-n2c3ccccc3c3ccc(-n4c5ccccc5c5ccc(-n6c7c(ccc8c9ccccc9n(-c9ccccc9)c87)c7ccc8c9ccccc9n(-c9ccccc9)c8c76)cc54)cc32)cc1. The van der Waals surface area contributed by atoms with Crippen LogP contribution in [-0.4, -0.2) is 22.8 Å². The predicted octanol–water partition coefficient (Wildman–Crippen LogP) is 17.2. The number of hydrogen-bond donors (Lipinski definition) is 0. The molecule has 5 nitrogen and oxygen atoms in total. The Bertz CT molecular complexity index is 4680. The fourth-order valence-corrected chi connectivity index (χ4v) is 12.4. The smallest absolute Gasteiger partial charge is 0.0789 e. The molecule has 0 fully saturated rings. The first kappa shape index (κ1) is 38.4. The minimum absolute atomic E-state index is 1.09. The molecule has 0 aliphatic rings. The van der Waals surface area contributed by atoms with E-state index in [0.717, 1.165) is 34.0 Å². The highest BCUT2D eigenvalue weighted by Gasteiger charge is 2.26. The van der Waals surface area contributed by atoms with Crippen LogP contribution in [0.15, 0.2) is 249 Å². The molecule has 0 aliphatic carbocycles. The van der Waals surface area contributed by atoms with Gasteiger partial charge in [0.25, 0.3) is 0 Å². The lowest BCUT2D eigenvalue weighted by Gasteiger charge is -2.15.